The van der Waals surface area contributed by atoms with Gasteiger partial charge in [0, 0.05) is 19.6 Å². The van der Waals surface area contributed by atoms with Gasteiger partial charge in [-0.1, -0.05) is 12.1 Å². The molecule has 2 atom stereocenters. The van der Waals surface area contributed by atoms with Crippen LogP contribution in [0.1, 0.15) is 5.56 Å². The first-order valence-electron chi connectivity index (χ1n) is 5.99. The van der Waals surface area contributed by atoms with Crippen molar-refractivity contribution in [3.63, 3.8) is 0 Å². The van der Waals surface area contributed by atoms with Crippen LogP contribution in [-0.4, -0.2) is 31.1 Å². The van der Waals surface area contributed by atoms with Crippen LogP contribution >= 0.6 is 0 Å². The number of likely N-dealkylation sites (tertiary alicyclic amines) is 1. The number of halogens is 1. The van der Waals surface area contributed by atoms with Crippen LogP contribution in [0, 0.1) is 17.7 Å². The van der Waals surface area contributed by atoms with Crippen LogP contribution in [0.25, 0.3) is 0 Å². The Balaban J connectivity index is 1.62. The summed E-state index contributed by atoms with van der Waals surface area (Å²) < 4.78 is 12.8. The molecule has 0 bridgehead atoms. The summed E-state index contributed by atoms with van der Waals surface area (Å²) in [5.74, 6) is 1.52. The number of rotatable bonds is 2. The van der Waals surface area contributed by atoms with E-state index in [9.17, 15) is 4.39 Å². The third-order valence-corrected chi connectivity index (χ3v) is 3.78. The second-order valence-corrected chi connectivity index (χ2v) is 5.00. The Kier molecular flexibility index (Phi) is 2.65. The van der Waals surface area contributed by atoms with Crippen molar-refractivity contribution in [2.75, 3.05) is 26.2 Å². The van der Waals surface area contributed by atoms with E-state index in [1.807, 2.05) is 12.1 Å². The molecular formula is C13H17FN2. The minimum absolute atomic E-state index is 0.147. The van der Waals surface area contributed by atoms with Crippen molar-refractivity contribution < 1.29 is 4.39 Å². The Bertz CT molecular complexity index is 351. The largest absolute Gasteiger partial charge is 0.316 e. The number of hydrogen-bond acceptors (Lipinski definition) is 2. The molecule has 3 rings (SSSR count). The van der Waals surface area contributed by atoms with E-state index in [4.69, 9.17) is 0 Å². The molecule has 1 N–H and O–H groups in total. The summed E-state index contributed by atoms with van der Waals surface area (Å²) in [5.41, 5.74) is 1.22. The summed E-state index contributed by atoms with van der Waals surface area (Å²) in [6.07, 6.45) is 0. The SMILES string of the molecule is Fc1ccc(CN2CC3CNCC3C2)cc1. The van der Waals surface area contributed by atoms with E-state index in [0.29, 0.717) is 0 Å². The summed E-state index contributed by atoms with van der Waals surface area (Å²) in [6.45, 7) is 5.69. The predicted molar refractivity (Wildman–Crippen MR) is 61.5 cm³/mol. The Hall–Kier alpha value is -0.930. The normalized spacial score (nSPS) is 29.6. The van der Waals surface area contributed by atoms with Gasteiger partial charge in [0.25, 0.3) is 0 Å². The average molecular weight is 220 g/mol. The number of fused-ring (bicyclic) bond motifs is 1. The van der Waals surface area contributed by atoms with E-state index in [-0.39, 0.29) is 5.82 Å². The highest BCUT2D eigenvalue weighted by molar-refractivity contribution is 5.16. The zero-order valence-corrected chi connectivity index (χ0v) is 9.32. The first kappa shape index (κ1) is 10.2. The van der Waals surface area contributed by atoms with Crippen molar-refractivity contribution in [3.8, 4) is 0 Å². The first-order valence-corrected chi connectivity index (χ1v) is 5.99. The molecule has 0 aliphatic carbocycles. The number of hydrogen-bond donors (Lipinski definition) is 1. The second-order valence-electron chi connectivity index (χ2n) is 5.00. The molecule has 0 radical (unpaired) electrons. The Morgan fingerprint density at radius 2 is 1.75 bits per heavy atom. The van der Waals surface area contributed by atoms with Crippen LogP contribution < -0.4 is 5.32 Å². The highest BCUT2D eigenvalue weighted by Crippen LogP contribution is 2.27. The molecule has 2 aliphatic rings. The van der Waals surface area contributed by atoms with Crippen molar-refractivity contribution >= 4 is 0 Å². The number of nitrogens with zero attached hydrogens (tertiary/aromatic N) is 1. The van der Waals surface area contributed by atoms with Crippen LogP contribution in [0.3, 0.4) is 0 Å². The molecule has 0 aromatic heterocycles. The van der Waals surface area contributed by atoms with Crippen LogP contribution in [0.4, 0.5) is 4.39 Å². The molecule has 16 heavy (non-hydrogen) atoms. The first-order chi connectivity index (χ1) is 7.81. The average Bonchev–Trinajstić information content (AvgIpc) is 2.81. The highest BCUT2D eigenvalue weighted by Gasteiger charge is 2.35. The lowest BCUT2D eigenvalue weighted by Crippen LogP contribution is -2.25. The van der Waals surface area contributed by atoms with Crippen molar-refractivity contribution in [2.45, 2.75) is 6.54 Å². The zero-order valence-electron chi connectivity index (χ0n) is 9.32. The van der Waals surface area contributed by atoms with Gasteiger partial charge < -0.3 is 5.32 Å². The van der Waals surface area contributed by atoms with Gasteiger partial charge in [-0.2, -0.15) is 0 Å². The van der Waals surface area contributed by atoms with Gasteiger partial charge in [-0.3, -0.25) is 4.90 Å². The molecule has 1 aromatic carbocycles. The van der Waals surface area contributed by atoms with Gasteiger partial charge in [0.15, 0.2) is 0 Å². The highest BCUT2D eigenvalue weighted by atomic mass is 19.1. The molecule has 1 aromatic rings. The maximum atomic E-state index is 12.8. The zero-order chi connectivity index (χ0) is 11.0. The van der Waals surface area contributed by atoms with Gasteiger partial charge >= 0.3 is 0 Å². The van der Waals surface area contributed by atoms with E-state index in [1.165, 1.54) is 31.7 Å². The van der Waals surface area contributed by atoms with E-state index < -0.39 is 0 Å². The van der Waals surface area contributed by atoms with Crippen molar-refractivity contribution in [3.05, 3.63) is 35.6 Å². The van der Waals surface area contributed by atoms with Gasteiger partial charge in [-0.15, -0.1) is 0 Å². The molecule has 2 nitrogen and oxygen atoms in total. The van der Waals surface area contributed by atoms with Gasteiger partial charge in [0.1, 0.15) is 5.82 Å². The van der Waals surface area contributed by atoms with E-state index in [2.05, 4.69) is 10.2 Å². The molecule has 2 unspecified atom stereocenters. The van der Waals surface area contributed by atoms with Gasteiger partial charge in [0.05, 0.1) is 0 Å². The molecule has 2 heterocycles. The van der Waals surface area contributed by atoms with E-state index >= 15 is 0 Å². The summed E-state index contributed by atoms with van der Waals surface area (Å²) in [4.78, 5) is 2.49. The quantitative estimate of drug-likeness (QED) is 0.812. The van der Waals surface area contributed by atoms with Gasteiger partial charge in [-0.25, -0.2) is 4.39 Å². The molecule has 3 heteroatoms. The Labute approximate surface area is 95.4 Å². The third kappa shape index (κ3) is 1.97. The van der Waals surface area contributed by atoms with Gasteiger partial charge in [0.2, 0.25) is 0 Å². The van der Waals surface area contributed by atoms with Crippen molar-refractivity contribution in [1.29, 1.82) is 0 Å². The monoisotopic (exact) mass is 220 g/mol. The third-order valence-electron chi connectivity index (χ3n) is 3.78. The molecule has 0 amide bonds. The molecule has 0 spiro atoms. The smallest absolute Gasteiger partial charge is 0.123 e. The summed E-state index contributed by atoms with van der Waals surface area (Å²) in [7, 11) is 0. The number of benzene rings is 1. The molecule has 2 aliphatic heterocycles. The summed E-state index contributed by atoms with van der Waals surface area (Å²) in [5, 5.41) is 3.44. The van der Waals surface area contributed by atoms with Crippen LogP contribution in [0.15, 0.2) is 24.3 Å². The fourth-order valence-corrected chi connectivity index (χ4v) is 2.93. The maximum absolute atomic E-state index is 12.8. The summed E-state index contributed by atoms with van der Waals surface area (Å²) in [6, 6.07) is 6.88. The molecule has 2 fully saturated rings. The topological polar surface area (TPSA) is 15.3 Å². The minimum Gasteiger partial charge on any atom is -0.316 e. The van der Waals surface area contributed by atoms with Crippen LogP contribution in [0.5, 0.6) is 0 Å². The van der Waals surface area contributed by atoms with Crippen molar-refractivity contribution in [1.82, 2.24) is 10.2 Å². The standard InChI is InChI=1S/C13H17FN2/c14-13-3-1-10(2-4-13)7-16-8-11-5-15-6-12(11)9-16/h1-4,11-12,15H,5-9H2. The van der Waals surface area contributed by atoms with E-state index in [0.717, 1.165) is 18.4 Å². The second kappa shape index (κ2) is 4.15. The lowest BCUT2D eigenvalue weighted by molar-refractivity contribution is 0.305. The maximum Gasteiger partial charge on any atom is 0.123 e. The lowest BCUT2D eigenvalue weighted by Gasteiger charge is -2.16. The molecule has 2 saturated heterocycles. The lowest BCUT2D eigenvalue weighted by atomic mass is 10.0. The molecule has 86 valence electrons. The molecular weight excluding hydrogens is 203 g/mol. The van der Waals surface area contributed by atoms with E-state index in [1.54, 1.807) is 12.1 Å². The van der Waals surface area contributed by atoms with Crippen LogP contribution in [-0.2, 0) is 6.54 Å². The fraction of sp³-hybridized carbons (Fsp3) is 0.538. The molecule has 0 saturated carbocycles. The number of nitrogens with one attached hydrogen (secondary N) is 1. The summed E-state index contributed by atoms with van der Waals surface area (Å²) >= 11 is 0. The van der Waals surface area contributed by atoms with Crippen molar-refractivity contribution in [2.24, 2.45) is 11.8 Å². The predicted octanol–water partition coefficient (Wildman–Crippen LogP) is 1.48. The Morgan fingerprint density at radius 3 is 2.38 bits per heavy atom. The Morgan fingerprint density at radius 1 is 1.12 bits per heavy atom. The minimum atomic E-state index is -0.147. The fourth-order valence-electron chi connectivity index (χ4n) is 2.93. The van der Waals surface area contributed by atoms with Gasteiger partial charge in [-0.05, 0) is 42.6 Å². The van der Waals surface area contributed by atoms with Crippen LogP contribution in [0.2, 0.25) is 0 Å².